The number of rotatable bonds is 3. The normalized spacial score (nSPS) is 22.8. The SMILES string of the molecule is Cc1cc(C)nc(NNC(=O)C2CCCC2O)n1. The van der Waals surface area contributed by atoms with E-state index in [4.69, 9.17) is 0 Å². The molecule has 0 spiro atoms. The van der Waals surface area contributed by atoms with Crippen LogP contribution in [-0.4, -0.2) is 27.1 Å². The summed E-state index contributed by atoms with van der Waals surface area (Å²) in [7, 11) is 0. The highest BCUT2D eigenvalue weighted by atomic mass is 16.3. The zero-order valence-corrected chi connectivity index (χ0v) is 10.6. The molecule has 6 heteroatoms. The van der Waals surface area contributed by atoms with Crippen LogP contribution in [0.4, 0.5) is 5.95 Å². The lowest BCUT2D eigenvalue weighted by molar-refractivity contribution is -0.126. The fraction of sp³-hybridized carbons (Fsp3) is 0.583. The monoisotopic (exact) mass is 250 g/mol. The predicted molar refractivity (Wildman–Crippen MR) is 66.6 cm³/mol. The van der Waals surface area contributed by atoms with E-state index in [1.165, 1.54) is 0 Å². The van der Waals surface area contributed by atoms with Gasteiger partial charge in [-0.3, -0.25) is 15.6 Å². The van der Waals surface area contributed by atoms with E-state index in [1.54, 1.807) is 0 Å². The summed E-state index contributed by atoms with van der Waals surface area (Å²) in [5, 5.41) is 9.62. The second-order valence-corrected chi connectivity index (χ2v) is 4.69. The van der Waals surface area contributed by atoms with E-state index >= 15 is 0 Å². The van der Waals surface area contributed by atoms with Crippen molar-refractivity contribution in [1.29, 1.82) is 0 Å². The fourth-order valence-electron chi connectivity index (χ4n) is 2.24. The van der Waals surface area contributed by atoms with E-state index in [1.807, 2.05) is 19.9 Å². The molecule has 1 aromatic rings. The highest BCUT2D eigenvalue weighted by Crippen LogP contribution is 2.25. The Labute approximate surface area is 106 Å². The maximum absolute atomic E-state index is 11.8. The molecule has 1 aliphatic carbocycles. The van der Waals surface area contributed by atoms with Crippen molar-refractivity contribution in [3.05, 3.63) is 17.5 Å². The number of amides is 1. The van der Waals surface area contributed by atoms with Gasteiger partial charge in [0.25, 0.3) is 0 Å². The van der Waals surface area contributed by atoms with Gasteiger partial charge in [0.1, 0.15) is 0 Å². The number of aliphatic hydroxyl groups excluding tert-OH is 1. The van der Waals surface area contributed by atoms with Gasteiger partial charge in [-0.05, 0) is 39.2 Å². The quantitative estimate of drug-likeness (QED) is 0.687. The third kappa shape index (κ3) is 2.95. The van der Waals surface area contributed by atoms with Crippen LogP contribution in [0.25, 0.3) is 0 Å². The molecule has 0 aliphatic heterocycles. The Bertz CT molecular complexity index is 429. The molecule has 18 heavy (non-hydrogen) atoms. The largest absolute Gasteiger partial charge is 0.392 e. The van der Waals surface area contributed by atoms with Crippen LogP contribution in [0, 0.1) is 19.8 Å². The zero-order chi connectivity index (χ0) is 13.1. The Morgan fingerprint density at radius 3 is 2.56 bits per heavy atom. The average Bonchev–Trinajstić information content (AvgIpc) is 2.71. The third-order valence-electron chi connectivity index (χ3n) is 3.10. The van der Waals surface area contributed by atoms with Gasteiger partial charge >= 0.3 is 0 Å². The van der Waals surface area contributed by atoms with Crippen molar-refractivity contribution >= 4 is 11.9 Å². The molecule has 3 N–H and O–H groups in total. The van der Waals surface area contributed by atoms with E-state index in [-0.39, 0.29) is 11.8 Å². The van der Waals surface area contributed by atoms with Crippen LogP contribution in [0.2, 0.25) is 0 Å². The highest BCUT2D eigenvalue weighted by molar-refractivity contribution is 5.80. The molecule has 1 aliphatic rings. The summed E-state index contributed by atoms with van der Waals surface area (Å²) in [6.07, 6.45) is 1.77. The molecular formula is C12H18N4O2. The molecule has 1 amide bonds. The van der Waals surface area contributed by atoms with Crippen LogP contribution in [0.1, 0.15) is 30.7 Å². The number of carbonyl (C=O) groups is 1. The van der Waals surface area contributed by atoms with Gasteiger partial charge in [0, 0.05) is 11.4 Å². The van der Waals surface area contributed by atoms with Gasteiger partial charge < -0.3 is 5.11 Å². The van der Waals surface area contributed by atoms with Gasteiger partial charge in [0.15, 0.2) is 0 Å². The minimum atomic E-state index is -0.535. The Hall–Kier alpha value is -1.69. The highest BCUT2D eigenvalue weighted by Gasteiger charge is 2.31. The van der Waals surface area contributed by atoms with Crippen molar-refractivity contribution in [3.8, 4) is 0 Å². The molecule has 1 heterocycles. The maximum atomic E-state index is 11.8. The van der Waals surface area contributed by atoms with Crippen molar-refractivity contribution < 1.29 is 9.90 Å². The number of hydrazine groups is 1. The van der Waals surface area contributed by atoms with Gasteiger partial charge in [0.2, 0.25) is 11.9 Å². The van der Waals surface area contributed by atoms with Crippen LogP contribution in [0.3, 0.4) is 0 Å². The number of aliphatic hydroxyl groups is 1. The van der Waals surface area contributed by atoms with Crippen molar-refractivity contribution in [2.75, 3.05) is 5.43 Å². The summed E-state index contributed by atoms with van der Waals surface area (Å²) in [5.41, 5.74) is 6.91. The van der Waals surface area contributed by atoms with Crippen LogP contribution >= 0.6 is 0 Å². The first-order valence-corrected chi connectivity index (χ1v) is 6.12. The predicted octanol–water partition coefficient (Wildman–Crippen LogP) is 0.698. The molecule has 0 bridgehead atoms. The number of nitrogens with one attached hydrogen (secondary N) is 2. The lowest BCUT2D eigenvalue weighted by atomic mass is 10.1. The van der Waals surface area contributed by atoms with Gasteiger partial charge in [-0.25, -0.2) is 9.97 Å². The molecule has 1 aromatic heterocycles. The molecular weight excluding hydrogens is 232 g/mol. The number of carbonyl (C=O) groups excluding carboxylic acids is 1. The van der Waals surface area contributed by atoms with E-state index in [9.17, 15) is 9.90 Å². The van der Waals surface area contributed by atoms with Gasteiger partial charge in [-0.2, -0.15) is 0 Å². The second kappa shape index (κ2) is 5.30. The van der Waals surface area contributed by atoms with E-state index in [2.05, 4.69) is 20.8 Å². The molecule has 2 rings (SSSR count). The van der Waals surface area contributed by atoms with E-state index < -0.39 is 6.10 Å². The lowest BCUT2D eigenvalue weighted by Gasteiger charge is -2.15. The molecule has 2 unspecified atom stereocenters. The molecule has 0 saturated heterocycles. The van der Waals surface area contributed by atoms with Crippen LogP contribution in [-0.2, 0) is 4.79 Å². The molecule has 1 saturated carbocycles. The summed E-state index contributed by atoms with van der Waals surface area (Å²) in [4.78, 5) is 20.1. The maximum Gasteiger partial charge on any atom is 0.244 e. The number of aryl methyl sites for hydroxylation is 2. The summed E-state index contributed by atoms with van der Waals surface area (Å²) < 4.78 is 0. The second-order valence-electron chi connectivity index (χ2n) is 4.69. The summed E-state index contributed by atoms with van der Waals surface area (Å²) in [6, 6.07) is 1.85. The Morgan fingerprint density at radius 2 is 2.00 bits per heavy atom. The molecule has 1 fully saturated rings. The minimum absolute atomic E-state index is 0.206. The molecule has 6 nitrogen and oxygen atoms in total. The molecule has 0 aromatic carbocycles. The van der Waals surface area contributed by atoms with Crippen LogP contribution in [0.5, 0.6) is 0 Å². The van der Waals surface area contributed by atoms with Crippen molar-refractivity contribution in [3.63, 3.8) is 0 Å². The van der Waals surface area contributed by atoms with Gasteiger partial charge in [-0.1, -0.05) is 0 Å². The smallest absolute Gasteiger partial charge is 0.244 e. The minimum Gasteiger partial charge on any atom is -0.392 e. The van der Waals surface area contributed by atoms with Crippen molar-refractivity contribution in [2.45, 2.75) is 39.2 Å². The number of hydrogen-bond donors (Lipinski definition) is 3. The Kier molecular flexibility index (Phi) is 3.76. The average molecular weight is 250 g/mol. The number of nitrogens with zero attached hydrogens (tertiary/aromatic N) is 2. The fourth-order valence-corrected chi connectivity index (χ4v) is 2.24. The topological polar surface area (TPSA) is 87.1 Å². The van der Waals surface area contributed by atoms with Crippen LogP contribution in [0.15, 0.2) is 6.07 Å². The summed E-state index contributed by atoms with van der Waals surface area (Å²) in [5.74, 6) is -0.167. The number of aromatic nitrogens is 2. The molecule has 98 valence electrons. The Balaban J connectivity index is 1.92. The number of hydrogen-bond acceptors (Lipinski definition) is 5. The third-order valence-corrected chi connectivity index (χ3v) is 3.10. The summed E-state index contributed by atoms with van der Waals surface area (Å²) in [6.45, 7) is 3.73. The number of anilines is 1. The molecule has 0 radical (unpaired) electrons. The van der Waals surface area contributed by atoms with Crippen molar-refractivity contribution in [1.82, 2.24) is 15.4 Å². The Morgan fingerprint density at radius 1 is 1.33 bits per heavy atom. The van der Waals surface area contributed by atoms with Crippen molar-refractivity contribution in [2.24, 2.45) is 5.92 Å². The first-order chi connectivity index (χ1) is 8.56. The lowest BCUT2D eigenvalue weighted by Crippen LogP contribution is -2.38. The van der Waals surface area contributed by atoms with E-state index in [0.717, 1.165) is 24.2 Å². The first-order valence-electron chi connectivity index (χ1n) is 6.12. The van der Waals surface area contributed by atoms with Gasteiger partial charge in [0.05, 0.1) is 12.0 Å². The standard InChI is InChI=1S/C12H18N4O2/c1-7-6-8(2)14-12(13-7)16-15-11(18)9-4-3-5-10(9)17/h6,9-10,17H,3-5H2,1-2H3,(H,15,18)(H,13,14,16). The van der Waals surface area contributed by atoms with E-state index in [0.29, 0.717) is 12.4 Å². The summed E-state index contributed by atoms with van der Waals surface area (Å²) >= 11 is 0. The first kappa shape index (κ1) is 12.8. The molecule has 2 atom stereocenters. The van der Waals surface area contributed by atoms with Crippen LogP contribution < -0.4 is 10.9 Å². The van der Waals surface area contributed by atoms with Gasteiger partial charge in [-0.15, -0.1) is 0 Å². The zero-order valence-electron chi connectivity index (χ0n) is 10.6.